The monoisotopic (exact) mass is 261 g/mol. The zero-order valence-electron chi connectivity index (χ0n) is 7.71. The van der Waals surface area contributed by atoms with E-state index in [-0.39, 0.29) is 6.61 Å². The van der Waals surface area contributed by atoms with Gasteiger partial charge in [-0.1, -0.05) is 0 Å². The lowest BCUT2D eigenvalue weighted by Gasteiger charge is -2.07. The van der Waals surface area contributed by atoms with Crippen molar-refractivity contribution in [2.24, 2.45) is 0 Å². The Morgan fingerprint density at radius 2 is 2.29 bits per heavy atom. The molecule has 0 aliphatic rings. The van der Waals surface area contributed by atoms with E-state index in [1.54, 1.807) is 0 Å². The van der Waals surface area contributed by atoms with Crippen molar-refractivity contribution in [2.45, 2.75) is 0 Å². The van der Waals surface area contributed by atoms with Crippen LogP contribution in [0.1, 0.15) is 0 Å². The van der Waals surface area contributed by atoms with Crippen LogP contribution in [0.15, 0.2) is 11.5 Å². The fraction of sp³-hybridized carbons (Fsp3) is 0.600. The van der Waals surface area contributed by atoms with Crippen LogP contribution >= 0.6 is 6.64 Å². The average molecular weight is 261 g/mol. The Bertz CT molecular complexity index is 343. The van der Waals surface area contributed by atoms with Gasteiger partial charge in [0.15, 0.2) is 9.84 Å². The Kier molecular flexibility index (Phi) is 5.99. The highest BCUT2D eigenvalue weighted by molar-refractivity contribution is 8.14. The molecule has 9 heteroatoms. The van der Waals surface area contributed by atoms with Gasteiger partial charge in [-0.2, -0.15) is 0 Å². The molecule has 0 fully saturated rings. The Morgan fingerprint density at radius 3 is 2.71 bits per heavy atom. The molecule has 6 nitrogen and oxygen atoms in total. The molecule has 1 unspecified atom stereocenters. The van der Waals surface area contributed by atoms with Crippen molar-refractivity contribution in [2.75, 3.05) is 19.9 Å². The molecule has 0 saturated carbocycles. The number of hydrogen-bond acceptors (Lipinski definition) is 4. The highest BCUT2D eigenvalue weighted by Crippen LogP contribution is 2.24. The van der Waals surface area contributed by atoms with Gasteiger partial charge >= 0.3 is 11.2 Å². The largest absolute Gasteiger partial charge is 0.749 e. The fourth-order valence-corrected chi connectivity index (χ4v) is 2.01. The minimum absolute atomic E-state index is 0.0516. The standard InChI is InChI=1S/C5H12NO5PS2/c1-6-12(7,8)13-11-4-3-5-14(2,9)10/h3,5-6H,4H2,1-2H3,(H-,7,8). The fourth-order valence-electron chi connectivity index (χ4n) is 0.392. The van der Waals surface area contributed by atoms with Gasteiger partial charge in [-0.25, -0.2) is 13.5 Å². The smallest absolute Gasteiger partial charge is 0.385 e. The predicted octanol–water partition coefficient (Wildman–Crippen LogP) is -1.19. The Balaban J connectivity index is 4.01. The van der Waals surface area contributed by atoms with Crippen molar-refractivity contribution in [3.8, 4) is 0 Å². The zero-order valence-corrected chi connectivity index (χ0v) is 10.2. The molecular formula is C5H12NO5PS2. The lowest BCUT2D eigenvalue weighted by Crippen LogP contribution is -2.15. The van der Waals surface area contributed by atoms with Crippen LogP contribution in [0.3, 0.4) is 0 Å². The maximum atomic E-state index is 10.9. The number of hydrogen-bond donors (Lipinski definition) is 2. The molecule has 0 aromatic rings. The Hall–Kier alpha value is 0.180. The van der Waals surface area contributed by atoms with Crippen molar-refractivity contribution in [1.29, 1.82) is 0 Å². The van der Waals surface area contributed by atoms with Crippen molar-refractivity contribution in [1.82, 2.24) is 5.09 Å². The van der Waals surface area contributed by atoms with Gasteiger partial charge in [0.05, 0.1) is 0 Å². The second kappa shape index (κ2) is 5.92. The third kappa shape index (κ3) is 8.76. The van der Waals surface area contributed by atoms with E-state index >= 15 is 0 Å². The van der Waals surface area contributed by atoms with Crippen LogP contribution in [0, 0.1) is 0 Å². The number of nitrogens with one attached hydrogen (secondary N) is 1. The summed E-state index contributed by atoms with van der Waals surface area (Å²) in [5.41, 5.74) is 0. The first-order valence-corrected chi connectivity index (χ1v) is 8.42. The van der Waals surface area contributed by atoms with E-state index in [0.29, 0.717) is 11.2 Å². The second-order valence-corrected chi connectivity index (χ2v) is 8.04. The minimum atomic E-state index is -3.49. The Labute approximate surface area is 86.9 Å². The van der Waals surface area contributed by atoms with Gasteiger partial charge in [-0.05, 0) is 13.1 Å². The summed E-state index contributed by atoms with van der Waals surface area (Å²) < 4.78 is 25.8. The van der Waals surface area contributed by atoms with Gasteiger partial charge in [-0.15, -0.1) is 4.18 Å². The summed E-state index contributed by atoms with van der Waals surface area (Å²) in [6.45, 7) is -3.54. The second-order valence-electron chi connectivity index (χ2n) is 2.30. The molecule has 0 rings (SSSR count). The minimum Gasteiger partial charge on any atom is -0.749 e. The first kappa shape index (κ1) is 14.2. The van der Waals surface area contributed by atoms with Crippen LogP contribution in [-0.4, -0.2) is 33.2 Å². The van der Waals surface area contributed by atoms with Crippen LogP contribution < -0.4 is 9.98 Å². The van der Waals surface area contributed by atoms with E-state index in [1.165, 1.54) is 13.1 Å². The van der Waals surface area contributed by atoms with Crippen molar-refractivity contribution in [3.05, 3.63) is 11.5 Å². The molecule has 0 spiro atoms. The van der Waals surface area contributed by atoms with Crippen LogP contribution in [-0.2, 0) is 25.2 Å². The first-order chi connectivity index (χ1) is 6.27. The average Bonchev–Trinajstić information content (AvgIpc) is 2.01. The van der Waals surface area contributed by atoms with Gasteiger partial charge in [0.1, 0.15) is 6.61 Å². The number of rotatable bonds is 5. The molecule has 1 atom stereocenters. The maximum absolute atomic E-state index is 10.9. The lowest BCUT2D eigenvalue weighted by atomic mass is 10.7. The summed E-state index contributed by atoms with van der Waals surface area (Å²) in [6.07, 6.45) is 2.29. The molecule has 0 aromatic carbocycles. The van der Waals surface area contributed by atoms with E-state index in [2.05, 4.69) is 9.27 Å². The highest BCUT2D eigenvalue weighted by Gasteiger charge is 2.10. The zero-order chi connectivity index (χ0) is 11.2. The highest BCUT2D eigenvalue weighted by atomic mass is 32.5. The van der Waals surface area contributed by atoms with E-state index in [0.717, 1.165) is 11.7 Å². The summed E-state index contributed by atoms with van der Waals surface area (Å²) in [6, 6.07) is 0. The van der Waals surface area contributed by atoms with Gasteiger partial charge in [0.2, 0.25) is 0 Å². The van der Waals surface area contributed by atoms with E-state index in [4.69, 9.17) is 4.89 Å². The molecule has 2 N–H and O–H groups in total. The van der Waals surface area contributed by atoms with E-state index in [9.17, 15) is 13.3 Å². The summed E-state index contributed by atoms with van der Waals surface area (Å²) in [4.78, 5) is 19.8. The van der Waals surface area contributed by atoms with Crippen LogP contribution in [0.2, 0.25) is 0 Å². The van der Waals surface area contributed by atoms with Crippen LogP contribution in [0.4, 0.5) is 0 Å². The number of sulfone groups is 1. The van der Waals surface area contributed by atoms with E-state index < -0.39 is 16.5 Å². The molecule has 84 valence electrons. The van der Waals surface area contributed by atoms with E-state index in [1.807, 2.05) is 0 Å². The van der Waals surface area contributed by atoms with Gasteiger partial charge < -0.3 is 9.79 Å². The molecule has 0 bridgehead atoms. The normalized spacial score (nSPS) is 16.9. The SMILES string of the molecule is CNP([O-])(O)=[S+]OCC=CS(C)(=O)=O. The molecule has 0 radical (unpaired) electrons. The van der Waals surface area contributed by atoms with Gasteiger partial charge in [0.25, 0.3) is 6.64 Å². The summed E-state index contributed by atoms with van der Waals surface area (Å²) in [5.74, 6) is 0. The maximum Gasteiger partial charge on any atom is 0.385 e. The topological polar surface area (TPSA) is 98.7 Å². The molecule has 0 amide bonds. The summed E-state index contributed by atoms with van der Waals surface area (Å²) in [7, 11) is -1.84. The van der Waals surface area contributed by atoms with Crippen LogP contribution in [0.25, 0.3) is 0 Å². The van der Waals surface area contributed by atoms with Crippen LogP contribution in [0.5, 0.6) is 0 Å². The molecule has 0 aliphatic heterocycles. The first-order valence-electron chi connectivity index (χ1n) is 3.46. The molecule has 0 aliphatic carbocycles. The van der Waals surface area contributed by atoms with Crippen molar-refractivity contribution >= 4 is 27.7 Å². The molecule has 0 aromatic heterocycles. The van der Waals surface area contributed by atoms with Crippen molar-refractivity contribution < 1.29 is 22.4 Å². The summed E-state index contributed by atoms with van der Waals surface area (Å²) >= 11 is 0.383. The third-order valence-corrected chi connectivity index (χ3v) is 4.11. The molecular weight excluding hydrogens is 249 g/mol. The molecule has 0 saturated heterocycles. The summed E-state index contributed by atoms with van der Waals surface area (Å²) in [5, 5.41) is 3.12. The quantitative estimate of drug-likeness (QED) is 0.279. The third-order valence-electron chi connectivity index (χ3n) is 0.944. The lowest BCUT2D eigenvalue weighted by molar-refractivity contribution is -0.180. The molecule has 0 heterocycles. The molecule has 14 heavy (non-hydrogen) atoms. The van der Waals surface area contributed by atoms with Gasteiger partial charge in [0, 0.05) is 11.7 Å². The van der Waals surface area contributed by atoms with Crippen molar-refractivity contribution in [3.63, 3.8) is 0 Å². The predicted molar refractivity (Wildman–Crippen MR) is 55.5 cm³/mol. The Morgan fingerprint density at radius 1 is 1.71 bits per heavy atom. The van der Waals surface area contributed by atoms with Gasteiger partial charge in [-0.3, -0.25) is 0 Å².